The largest absolute Gasteiger partial charge is 0.351 e. The number of hydrogen-bond acceptors (Lipinski definition) is 3. The summed E-state index contributed by atoms with van der Waals surface area (Å²) in [6, 6.07) is 10.1. The number of hydrogen-bond donors (Lipinski definition) is 1. The van der Waals surface area contributed by atoms with E-state index in [-0.39, 0.29) is 30.2 Å². The zero-order valence-electron chi connectivity index (χ0n) is 12.7. The average molecular weight is 334 g/mol. The molecule has 4 nitrogen and oxygen atoms in total. The van der Waals surface area contributed by atoms with Crippen molar-refractivity contribution in [2.75, 3.05) is 18.5 Å². The molecule has 1 saturated carbocycles. The summed E-state index contributed by atoms with van der Waals surface area (Å²) >= 11 is 5.80. The molecule has 1 fully saturated rings. The van der Waals surface area contributed by atoms with Crippen LogP contribution in [0.1, 0.15) is 17.9 Å². The van der Waals surface area contributed by atoms with Gasteiger partial charge in [0.25, 0.3) is 0 Å². The molecular formula is C17H17ClFN3O. The molecule has 1 aromatic carbocycles. The predicted octanol–water partition coefficient (Wildman–Crippen LogP) is 2.98. The van der Waals surface area contributed by atoms with Crippen LogP contribution < -0.4 is 10.2 Å². The van der Waals surface area contributed by atoms with Crippen LogP contribution in [0.4, 0.5) is 10.2 Å². The molecule has 3 rings (SSSR count). The molecule has 1 amide bonds. The van der Waals surface area contributed by atoms with Crippen molar-refractivity contribution in [1.82, 2.24) is 10.3 Å². The van der Waals surface area contributed by atoms with Gasteiger partial charge in [-0.05, 0) is 36.2 Å². The van der Waals surface area contributed by atoms with Gasteiger partial charge < -0.3 is 10.2 Å². The van der Waals surface area contributed by atoms with Gasteiger partial charge in [0.1, 0.15) is 11.6 Å². The molecule has 0 spiro atoms. The molecule has 2 atom stereocenters. The molecule has 0 saturated heterocycles. The first kappa shape index (κ1) is 15.7. The second-order valence-electron chi connectivity index (χ2n) is 5.76. The van der Waals surface area contributed by atoms with Crippen molar-refractivity contribution < 1.29 is 9.18 Å². The lowest BCUT2D eigenvalue weighted by Crippen LogP contribution is -2.37. The first-order valence-corrected chi connectivity index (χ1v) is 7.78. The van der Waals surface area contributed by atoms with Crippen LogP contribution in [0.25, 0.3) is 0 Å². The van der Waals surface area contributed by atoms with E-state index >= 15 is 0 Å². The highest BCUT2D eigenvalue weighted by molar-refractivity contribution is 6.30. The maximum atomic E-state index is 13.2. The Morgan fingerprint density at radius 2 is 2.26 bits per heavy atom. The maximum Gasteiger partial charge on any atom is 0.239 e. The molecular weight excluding hydrogens is 317 g/mol. The second kappa shape index (κ2) is 6.54. The summed E-state index contributed by atoms with van der Waals surface area (Å²) in [7, 11) is 1.80. The lowest BCUT2D eigenvalue weighted by atomic mass is 10.1. The maximum absolute atomic E-state index is 13.2. The van der Waals surface area contributed by atoms with Crippen molar-refractivity contribution >= 4 is 23.3 Å². The molecule has 1 heterocycles. The van der Waals surface area contributed by atoms with E-state index in [1.807, 2.05) is 6.07 Å². The monoisotopic (exact) mass is 333 g/mol. The molecule has 23 heavy (non-hydrogen) atoms. The van der Waals surface area contributed by atoms with Crippen LogP contribution in [0.5, 0.6) is 0 Å². The normalized spacial score (nSPS) is 19.3. The van der Waals surface area contributed by atoms with Gasteiger partial charge in [-0.1, -0.05) is 23.7 Å². The van der Waals surface area contributed by atoms with Gasteiger partial charge in [0.05, 0.1) is 11.6 Å². The number of benzene rings is 1. The Balaban J connectivity index is 1.51. The number of carbonyl (C=O) groups excluding carboxylic acids is 1. The number of amides is 1. The Hall–Kier alpha value is -2.14. The topological polar surface area (TPSA) is 45.2 Å². The number of carbonyl (C=O) groups is 1. The smallest absolute Gasteiger partial charge is 0.239 e. The van der Waals surface area contributed by atoms with Crippen molar-refractivity contribution in [1.29, 1.82) is 0 Å². The van der Waals surface area contributed by atoms with E-state index in [0.717, 1.165) is 12.0 Å². The van der Waals surface area contributed by atoms with Gasteiger partial charge in [-0.15, -0.1) is 0 Å². The summed E-state index contributed by atoms with van der Waals surface area (Å²) in [4.78, 5) is 18.0. The first-order chi connectivity index (χ1) is 11.0. The Morgan fingerprint density at radius 1 is 1.43 bits per heavy atom. The summed E-state index contributed by atoms with van der Waals surface area (Å²) in [6.07, 6.45) is 2.39. The molecule has 0 unspecified atom stereocenters. The summed E-state index contributed by atoms with van der Waals surface area (Å²) in [6.45, 7) is 0.209. The molecule has 1 aliphatic rings. The number of rotatable bonds is 5. The van der Waals surface area contributed by atoms with E-state index in [4.69, 9.17) is 11.6 Å². The molecule has 120 valence electrons. The molecule has 0 radical (unpaired) electrons. The molecule has 1 aliphatic carbocycles. The van der Waals surface area contributed by atoms with Crippen LogP contribution >= 0.6 is 11.6 Å². The fraction of sp³-hybridized carbons (Fsp3) is 0.294. The van der Waals surface area contributed by atoms with Crippen LogP contribution in [0, 0.1) is 5.82 Å². The van der Waals surface area contributed by atoms with E-state index in [1.165, 1.54) is 12.1 Å². The SMILES string of the molecule is CN(CC(=O)N[C@H]1C[C@H]1c1cccc(F)c1)c1ccc(Cl)cn1. The third-order valence-electron chi connectivity index (χ3n) is 3.90. The molecule has 0 aliphatic heterocycles. The van der Waals surface area contributed by atoms with Crippen LogP contribution in [0.3, 0.4) is 0 Å². The number of anilines is 1. The molecule has 6 heteroatoms. The Bertz CT molecular complexity index is 707. The minimum absolute atomic E-state index is 0.0758. The number of nitrogens with one attached hydrogen (secondary N) is 1. The van der Waals surface area contributed by atoms with E-state index in [2.05, 4.69) is 10.3 Å². The summed E-state index contributed by atoms with van der Waals surface area (Å²) in [5.74, 6) is 0.566. The van der Waals surface area contributed by atoms with E-state index in [0.29, 0.717) is 10.8 Å². The van der Waals surface area contributed by atoms with E-state index in [1.54, 1.807) is 36.3 Å². The molecule has 1 aromatic heterocycles. The van der Waals surface area contributed by atoms with Crippen molar-refractivity contribution in [2.45, 2.75) is 18.4 Å². The van der Waals surface area contributed by atoms with Crippen LogP contribution in [-0.4, -0.2) is 30.5 Å². The van der Waals surface area contributed by atoms with Crippen molar-refractivity contribution in [3.63, 3.8) is 0 Å². The first-order valence-electron chi connectivity index (χ1n) is 7.40. The third kappa shape index (κ3) is 3.99. The lowest BCUT2D eigenvalue weighted by molar-refractivity contribution is -0.119. The number of nitrogens with zero attached hydrogens (tertiary/aromatic N) is 2. The summed E-state index contributed by atoms with van der Waals surface area (Å²) in [5, 5.41) is 3.53. The zero-order chi connectivity index (χ0) is 16.4. The fourth-order valence-electron chi connectivity index (χ4n) is 2.60. The lowest BCUT2D eigenvalue weighted by Gasteiger charge is -2.17. The van der Waals surface area contributed by atoms with E-state index in [9.17, 15) is 9.18 Å². The van der Waals surface area contributed by atoms with Gasteiger partial charge in [-0.25, -0.2) is 9.37 Å². The fourth-order valence-corrected chi connectivity index (χ4v) is 2.71. The van der Waals surface area contributed by atoms with E-state index < -0.39 is 0 Å². The van der Waals surface area contributed by atoms with Gasteiger partial charge in [0.15, 0.2) is 0 Å². The van der Waals surface area contributed by atoms with Gasteiger partial charge >= 0.3 is 0 Å². The minimum atomic E-state index is -0.243. The van der Waals surface area contributed by atoms with Gasteiger partial charge in [0, 0.05) is 25.2 Å². The average Bonchev–Trinajstić information content (AvgIpc) is 3.26. The Labute approximate surface area is 139 Å². The van der Waals surface area contributed by atoms with Gasteiger partial charge in [0.2, 0.25) is 5.91 Å². The standard InChI is InChI=1S/C17H17ClFN3O/c1-22(16-6-5-12(18)9-20-16)10-17(23)21-15-8-14(15)11-3-2-4-13(19)7-11/h2-7,9,14-15H,8,10H2,1H3,(H,21,23)/t14-,15-/m0/s1. The molecule has 2 aromatic rings. The zero-order valence-corrected chi connectivity index (χ0v) is 13.4. The Morgan fingerprint density at radius 3 is 2.96 bits per heavy atom. The Kier molecular flexibility index (Phi) is 4.48. The summed E-state index contributed by atoms with van der Waals surface area (Å²) < 4.78 is 13.2. The molecule has 0 bridgehead atoms. The minimum Gasteiger partial charge on any atom is -0.351 e. The summed E-state index contributed by atoms with van der Waals surface area (Å²) in [5.41, 5.74) is 0.933. The van der Waals surface area contributed by atoms with Crippen molar-refractivity contribution in [2.24, 2.45) is 0 Å². The third-order valence-corrected chi connectivity index (χ3v) is 4.12. The number of aromatic nitrogens is 1. The number of likely N-dealkylation sites (N-methyl/N-ethyl adjacent to an activating group) is 1. The van der Waals surface area contributed by atoms with Crippen LogP contribution in [0.2, 0.25) is 5.02 Å². The van der Waals surface area contributed by atoms with Crippen molar-refractivity contribution in [3.8, 4) is 0 Å². The van der Waals surface area contributed by atoms with Crippen LogP contribution in [-0.2, 0) is 4.79 Å². The van der Waals surface area contributed by atoms with Gasteiger partial charge in [-0.2, -0.15) is 0 Å². The number of pyridine rings is 1. The second-order valence-corrected chi connectivity index (χ2v) is 6.20. The highest BCUT2D eigenvalue weighted by Crippen LogP contribution is 2.40. The highest BCUT2D eigenvalue weighted by Gasteiger charge is 2.39. The number of halogens is 2. The van der Waals surface area contributed by atoms with Crippen LogP contribution in [0.15, 0.2) is 42.6 Å². The van der Waals surface area contributed by atoms with Crippen molar-refractivity contribution in [3.05, 3.63) is 59.0 Å². The predicted molar refractivity (Wildman–Crippen MR) is 88.2 cm³/mol. The van der Waals surface area contributed by atoms with Gasteiger partial charge in [-0.3, -0.25) is 4.79 Å². The highest BCUT2D eigenvalue weighted by atomic mass is 35.5. The quantitative estimate of drug-likeness (QED) is 0.915. The molecule has 1 N–H and O–H groups in total.